The quantitative estimate of drug-likeness (QED) is 0.819. The molecule has 0 unspecified atom stereocenters. The predicted molar refractivity (Wildman–Crippen MR) is 95.0 cm³/mol. The molecule has 2 aromatic rings. The van der Waals surface area contributed by atoms with Crippen LogP contribution in [-0.2, 0) is 18.4 Å². The van der Waals surface area contributed by atoms with Crippen molar-refractivity contribution >= 4 is 11.7 Å². The van der Waals surface area contributed by atoms with Gasteiger partial charge in [0.05, 0.1) is 12.7 Å². The van der Waals surface area contributed by atoms with Crippen LogP contribution >= 0.6 is 0 Å². The summed E-state index contributed by atoms with van der Waals surface area (Å²) in [6.45, 7) is 2.74. The van der Waals surface area contributed by atoms with Gasteiger partial charge in [0.2, 0.25) is 5.91 Å². The fourth-order valence-electron chi connectivity index (χ4n) is 3.10. The van der Waals surface area contributed by atoms with E-state index in [2.05, 4.69) is 25.5 Å². The number of piperidine rings is 1. The Hall–Kier alpha value is -2.48. The number of anilines is 1. The van der Waals surface area contributed by atoms with E-state index >= 15 is 0 Å². The summed E-state index contributed by atoms with van der Waals surface area (Å²) in [6, 6.07) is 4.16. The summed E-state index contributed by atoms with van der Waals surface area (Å²) in [7, 11) is 3.70. The van der Waals surface area contributed by atoms with Crippen LogP contribution in [-0.4, -0.2) is 63.5 Å². The highest BCUT2D eigenvalue weighted by molar-refractivity contribution is 5.78. The number of amides is 1. The van der Waals surface area contributed by atoms with Crippen LogP contribution in [0.5, 0.6) is 0 Å². The van der Waals surface area contributed by atoms with Crippen LogP contribution in [0.1, 0.15) is 18.4 Å². The van der Waals surface area contributed by atoms with Crippen molar-refractivity contribution in [3.63, 3.8) is 0 Å². The summed E-state index contributed by atoms with van der Waals surface area (Å²) < 4.78 is 1.75. The fourth-order valence-corrected chi connectivity index (χ4v) is 3.10. The monoisotopic (exact) mass is 343 g/mol. The van der Waals surface area contributed by atoms with E-state index in [0.717, 1.165) is 37.3 Å². The molecule has 3 heterocycles. The zero-order valence-corrected chi connectivity index (χ0v) is 14.8. The molecule has 0 aliphatic carbocycles. The molecule has 1 fully saturated rings. The maximum absolute atomic E-state index is 12.3. The predicted octanol–water partition coefficient (Wildman–Crippen LogP) is 0.427. The summed E-state index contributed by atoms with van der Waals surface area (Å²) >= 11 is 0. The van der Waals surface area contributed by atoms with Gasteiger partial charge >= 0.3 is 0 Å². The van der Waals surface area contributed by atoms with Crippen molar-refractivity contribution < 1.29 is 4.79 Å². The van der Waals surface area contributed by atoms with Crippen molar-refractivity contribution in [3.05, 3.63) is 36.3 Å². The van der Waals surface area contributed by atoms with Gasteiger partial charge in [0, 0.05) is 57.7 Å². The number of aromatic nitrogens is 4. The smallest absolute Gasteiger partial charge is 0.236 e. The van der Waals surface area contributed by atoms with Crippen LogP contribution in [0.4, 0.5) is 5.82 Å². The first kappa shape index (κ1) is 17.3. The second kappa shape index (κ2) is 8.06. The van der Waals surface area contributed by atoms with Crippen LogP contribution in [0, 0.1) is 0 Å². The number of carbonyl (C=O) groups excluding carboxylic acids is 1. The SMILES string of the molecule is CN(Cc1cnn(C)c1)C(=O)CN[C@H]1CCCN(c2cccnn2)C1. The second-order valence-electron chi connectivity index (χ2n) is 6.52. The molecule has 1 aliphatic heterocycles. The molecule has 0 radical (unpaired) electrons. The molecular formula is C17H25N7O. The van der Waals surface area contributed by atoms with Crippen molar-refractivity contribution in [1.29, 1.82) is 0 Å². The van der Waals surface area contributed by atoms with Crippen molar-refractivity contribution in [1.82, 2.24) is 30.2 Å². The van der Waals surface area contributed by atoms with E-state index in [9.17, 15) is 4.79 Å². The molecule has 0 saturated carbocycles. The summed E-state index contributed by atoms with van der Waals surface area (Å²) in [5.41, 5.74) is 1.03. The van der Waals surface area contributed by atoms with E-state index in [4.69, 9.17) is 0 Å². The number of rotatable bonds is 6. The first-order valence-corrected chi connectivity index (χ1v) is 8.59. The maximum Gasteiger partial charge on any atom is 0.236 e. The van der Waals surface area contributed by atoms with E-state index in [1.807, 2.05) is 32.4 Å². The molecule has 1 N–H and O–H groups in total. The number of carbonyl (C=O) groups is 1. The number of nitrogens with zero attached hydrogens (tertiary/aromatic N) is 6. The van der Waals surface area contributed by atoms with Gasteiger partial charge in [-0.1, -0.05) is 0 Å². The molecule has 0 aromatic carbocycles. The molecule has 3 rings (SSSR count). The van der Waals surface area contributed by atoms with Crippen molar-refractivity contribution in [2.24, 2.45) is 7.05 Å². The molecule has 1 atom stereocenters. The molecule has 2 aromatic heterocycles. The fraction of sp³-hybridized carbons (Fsp3) is 0.529. The first-order chi connectivity index (χ1) is 12.1. The third-order valence-corrected chi connectivity index (χ3v) is 4.45. The highest BCUT2D eigenvalue weighted by atomic mass is 16.2. The zero-order chi connectivity index (χ0) is 17.6. The molecule has 1 saturated heterocycles. The van der Waals surface area contributed by atoms with E-state index in [-0.39, 0.29) is 11.9 Å². The number of hydrogen-bond donors (Lipinski definition) is 1. The average molecular weight is 343 g/mol. The van der Waals surface area contributed by atoms with Crippen LogP contribution in [0.25, 0.3) is 0 Å². The lowest BCUT2D eigenvalue weighted by Crippen LogP contribution is -2.48. The lowest BCUT2D eigenvalue weighted by molar-refractivity contribution is -0.129. The van der Waals surface area contributed by atoms with E-state index in [0.29, 0.717) is 13.1 Å². The molecule has 0 bridgehead atoms. The zero-order valence-electron chi connectivity index (χ0n) is 14.8. The van der Waals surface area contributed by atoms with Gasteiger partial charge < -0.3 is 15.1 Å². The first-order valence-electron chi connectivity index (χ1n) is 8.59. The minimum absolute atomic E-state index is 0.0838. The molecular weight excluding hydrogens is 318 g/mol. The van der Waals surface area contributed by atoms with E-state index in [1.54, 1.807) is 22.0 Å². The van der Waals surface area contributed by atoms with Gasteiger partial charge in [-0.05, 0) is 25.0 Å². The van der Waals surface area contributed by atoms with Gasteiger partial charge in [-0.2, -0.15) is 10.2 Å². The Bertz CT molecular complexity index is 687. The van der Waals surface area contributed by atoms with Crippen molar-refractivity contribution in [3.8, 4) is 0 Å². The summed E-state index contributed by atoms with van der Waals surface area (Å²) in [5, 5.41) is 15.6. The van der Waals surface area contributed by atoms with Crippen molar-refractivity contribution in [2.75, 3.05) is 31.6 Å². The lowest BCUT2D eigenvalue weighted by Gasteiger charge is -2.33. The van der Waals surface area contributed by atoms with Gasteiger partial charge in [-0.3, -0.25) is 9.48 Å². The van der Waals surface area contributed by atoms with Crippen LogP contribution in [0.15, 0.2) is 30.7 Å². The normalized spacial score (nSPS) is 17.5. The number of hydrogen-bond acceptors (Lipinski definition) is 6. The number of likely N-dealkylation sites (N-methyl/N-ethyl adjacent to an activating group) is 1. The standard InChI is InChI=1S/C17H25N7O/c1-22(11-14-9-20-23(2)12-14)17(25)10-18-15-5-4-8-24(13-15)16-6-3-7-19-21-16/h3,6-7,9,12,15,18H,4-5,8,10-11,13H2,1-2H3/t15-/m0/s1. The molecule has 0 spiro atoms. The third-order valence-electron chi connectivity index (χ3n) is 4.45. The van der Waals surface area contributed by atoms with Crippen molar-refractivity contribution in [2.45, 2.75) is 25.4 Å². The van der Waals surface area contributed by atoms with Crippen LogP contribution < -0.4 is 10.2 Å². The van der Waals surface area contributed by atoms with Crippen LogP contribution in [0.2, 0.25) is 0 Å². The molecule has 8 heteroatoms. The summed E-state index contributed by atoms with van der Waals surface area (Å²) in [6.07, 6.45) is 7.54. The maximum atomic E-state index is 12.3. The van der Waals surface area contributed by atoms with Gasteiger partial charge in [0.15, 0.2) is 5.82 Å². The van der Waals surface area contributed by atoms with Crippen LogP contribution in [0.3, 0.4) is 0 Å². The highest BCUT2D eigenvalue weighted by Gasteiger charge is 2.22. The van der Waals surface area contributed by atoms with E-state index in [1.165, 1.54) is 0 Å². The average Bonchev–Trinajstić information content (AvgIpc) is 3.05. The molecule has 8 nitrogen and oxygen atoms in total. The third kappa shape index (κ3) is 4.76. The molecule has 1 aliphatic rings. The van der Waals surface area contributed by atoms with Gasteiger partial charge in [0.1, 0.15) is 0 Å². The Morgan fingerprint density at radius 3 is 3.08 bits per heavy atom. The lowest BCUT2D eigenvalue weighted by atomic mass is 10.1. The van der Waals surface area contributed by atoms with E-state index < -0.39 is 0 Å². The Balaban J connectivity index is 1.46. The Labute approximate surface area is 147 Å². The molecule has 1 amide bonds. The summed E-state index contributed by atoms with van der Waals surface area (Å²) in [4.78, 5) is 16.3. The minimum Gasteiger partial charge on any atom is -0.354 e. The Kier molecular flexibility index (Phi) is 5.60. The summed E-state index contributed by atoms with van der Waals surface area (Å²) in [5.74, 6) is 0.981. The van der Waals surface area contributed by atoms with Gasteiger partial charge in [0.25, 0.3) is 0 Å². The van der Waals surface area contributed by atoms with Gasteiger partial charge in [-0.15, -0.1) is 5.10 Å². The second-order valence-corrected chi connectivity index (χ2v) is 6.52. The Morgan fingerprint density at radius 1 is 1.48 bits per heavy atom. The minimum atomic E-state index is 0.0838. The number of nitrogens with one attached hydrogen (secondary N) is 1. The topological polar surface area (TPSA) is 79.2 Å². The van der Waals surface area contributed by atoms with Gasteiger partial charge in [-0.25, -0.2) is 0 Å². The highest BCUT2D eigenvalue weighted by Crippen LogP contribution is 2.16. The molecule has 25 heavy (non-hydrogen) atoms. The Morgan fingerprint density at radius 2 is 2.36 bits per heavy atom. The number of aryl methyl sites for hydroxylation is 1. The largest absolute Gasteiger partial charge is 0.354 e. The molecule has 134 valence electrons.